The van der Waals surface area contributed by atoms with E-state index in [-0.39, 0.29) is 29.8 Å². The minimum atomic E-state index is -0.284. The Balaban J connectivity index is 1.40. The van der Waals surface area contributed by atoms with Gasteiger partial charge in [0.2, 0.25) is 5.91 Å². The number of likely N-dealkylation sites (tertiary alicyclic amines) is 1. The number of hydrogen-bond donors (Lipinski definition) is 1. The van der Waals surface area contributed by atoms with E-state index in [4.69, 9.17) is 9.72 Å². The maximum atomic E-state index is 12.6. The van der Waals surface area contributed by atoms with Crippen molar-refractivity contribution in [2.45, 2.75) is 71.8 Å². The average Bonchev–Trinajstić information content (AvgIpc) is 2.69. The summed E-state index contributed by atoms with van der Waals surface area (Å²) in [4.78, 5) is 30.8. The molecule has 154 valence electrons. The van der Waals surface area contributed by atoms with Crippen molar-refractivity contribution in [2.75, 3.05) is 25.0 Å². The Morgan fingerprint density at radius 1 is 1.39 bits per heavy atom. The first-order valence-corrected chi connectivity index (χ1v) is 10.6. The lowest BCUT2D eigenvalue weighted by Gasteiger charge is -2.49. The van der Waals surface area contributed by atoms with Crippen molar-refractivity contribution in [3.05, 3.63) is 23.4 Å². The standard InChI is InChI=1S/C22H33N3O3/c1-4-28-19(26)14-16(2)25-15-22(3,21(25)27)12-6-5-9-18-11-10-17-8-7-13-23-20(17)24-18/h10-11,16H,4-9,12-15H2,1-3H3,(H,23,24)/t16-,22?/m1/s1. The fourth-order valence-electron chi connectivity index (χ4n) is 4.21. The predicted octanol–water partition coefficient (Wildman–Crippen LogP) is 3.34. The third-order valence-electron chi connectivity index (χ3n) is 5.96. The zero-order valence-corrected chi connectivity index (χ0v) is 17.4. The number of β-lactam (4-membered cyclic amide) rings is 1. The van der Waals surface area contributed by atoms with E-state index < -0.39 is 0 Å². The molecule has 1 N–H and O–H groups in total. The molecule has 1 saturated heterocycles. The summed E-state index contributed by atoms with van der Waals surface area (Å²) in [6, 6.07) is 4.25. The van der Waals surface area contributed by atoms with Crippen LogP contribution in [-0.2, 0) is 27.2 Å². The Morgan fingerprint density at radius 3 is 2.96 bits per heavy atom. The summed E-state index contributed by atoms with van der Waals surface area (Å²) in [6.07, 6.45) is 6.44. The molecule has 0 spiro atoms. The third kappa shape index (κ3) is 4.65. The van der Waals surface area contributed by atoms with E-state index in [9.17, 15) is 9.59 Å². The molecule has 0 aromatic carbocycles. The zero-order valence-electron chi connectivity index (χ0n) is 17.4. The van der Waals surface area contributed by atoms with Gasteiger partial charge in [-0.2, -0.15) is 0 Å². The van der Waals surface area contributed by atoms with E-state index in [0.29, 0.717) is 6.61 Å². The van der Waals surface area contributed by atoms with Crippen LogP contribution in [0.1, 0.15) is 64.1 Å². The van der Waals surface area contributed by atoms with Gasteiger partial charge in [0.15, 0.2) is 0 Å². The van der Waals surface area contributed by atoms with Crippen LogP contribution in [0.2, 0.25) is 0 Å². The Labute approximate surface area is 168 Å². The minimum absolute atomic E-state index is 0.0909. The fraction of sp³-hybridized carbons (Fsp3) is 0.682. The van der Waals surface area contributed by atoms with Crippen LogP contribution in [-0.4, -0.2) is 47.5 Å². The van der Waals surface area contributed by atoms with Gasteiger partial charge in [0.1, 0.15) is 5.82 Å². The van der Waals surface area contributed by atoms with Gasteiger partial charge in [-0.15, -0.1) is 0 Å². The summed E-state index contributed by atoms with van der Waals surface area (Å²) >= 11 is 0. The van der Waals surface area contributed by atoms with Gasteiger partial charge in [0.25, 0.3) is 0 Å². The van der Waals surface area contributed by atoms with Gasteiger partial charge >= 0.3 is 5.97 Å². The van der Waals surface area contributed by atoms with E-state index in [1.165, 1.54) is 12.0 Å². The number of anilines is 1. The number of nitrogens with one attached hydrogen (secondary N) is 1. The van der Waals surface area contributed by atoms with Crippen molar-refractivity contribution in [2.24, 2.45) is 5.41 Å². The molecule has 2 atom stereocenters. The molecule has 2 aliphatic heterocycles. The van der Waals surface area contributed by atoms with E-state index in [1.54, 1.807) is 6.92 Å². The molecule has 1 aromatic rings. The lowest BCUT2D eigenvalue weighted by Crippen LogP contribution is -2.63. The number of carbonyl (C=O) groups is 2. The lowest BCUT2D eigenvalue weighted by atomic mass is 9.75. The summed E-state index contributed by atoms with van der Waals surface area (Å²) in [6.45, 7) is 7.88. The van der Waals surface area contributed by atoms with E-state index in [0.717, 1.165) is 56.7 Å². The van der Waals surface area contributed by atoms with Gasteiger partial charge in [0.05, 0.1) is 18.4 Å². The van der Waals surface area contributed by atoms with Crippen molar-refractivity contribution in [1.82, 2.24) is 9.88 Å². The maximum Gasteiger partial charge on any atom is 0.307 e. The van der Waals surface area contributed by atoms with E-state index in [2.05, 4.69) is 17.4 Å². The number of unbranched alkanes of at least 4 members (excludes halogenated alkanes) is 1. The van der Waals surface area contributed by atoms with Crippen LogP contribution < -0.4 is 5.32 Å². The monoisotopic (exact) mass is 387 g/mol. The van der Waals surface area contributed by atoms with Crippen LogP contribution in [0, 0.1) is 5.41 Å². The van der Waals surface area contributed by atoms with Gasteiger partial charge < -0.3 is 15.0 Å². The number of fused-ring (bicyclic) bond motifs is 1. The average molecular weight is 388 g/mol. The Kier molecular flexibility index (Phi) is 6.57. The van der Waals surface area contributed by atoms with Gasteiger partial charge in [-0.3, -0.25) is 9.59 Å². The second kappa shape index (κ2) is 8.93. The smallest absolute Gasteiger partial charge is 0.307 e. The number of carbonyl (C=O) groups excluding carboxylic acids is 2. The number of esters is 1. The van der Waals surface area contributed by atoms with Crippen LogP contribution in [0.3, 0.4) is 0 Å². The second-order valence-electron chi connectivity index (χ2n) is 8.40. The Morgan fingerprint density at radius 2 is 2.21 bits per heavy atom. The lowest BCUT2D eigenvalue weighted by molar-refractivity contribution is -0.164. The molecule has 1 aromatic heterocycles. The van der Waals surface area contributed by atoms with Gasteiger partial charge in [-0.25, -0.2) is 4.98 Å². The maximum absolute atomic E-state index is 12.6. The topological polar surface area (TPSA) is 71.5 Å². The van der Waals surface area contributed by atoms with Crippen molar-refractivity contribution < 1.29 is 14.3 Å². The van der Waals surface area contributed by atoms with Gasteiger partial charge in [-0.1, -0.05) is 12.5 Å². The summed E-state index contributed by atoms with van der Waals surface area (Å²) in [5, 5.41) is 3.38. The molecule has 6 heteroatoms. The highest BCUT2D eigenvalue weighted by Crippen LogP contribution is 2.38. The molecule has 3 rings (SSSR count). The Hall–Kier alpha value is -2.11. The first kappa shape index (κ1) is 20.6. The van der Waals surface area contributed by atoms with Crippen molar-refractivity contribution in [3.63, 3.8) is 0 Å². The predicted molar refractivity (Wildman–Crippen MR) is 109 cm³/mol. The highest BCUT2D eigenvalue weighted by Gasteiger charge is 2.49. The summed E-state index contributed by atoms with van der Waals surface area (Å²) in [7, 11) is 0. The normalized spacial score (nSPS) is 22.1. The van der Waals surface area contributed by atoms with Crippen molar-refractivity contribution in [3.8, 4) is 0 Å². The molecule has 1 unspecified atom stereocenters. The minimum Gasteiger partial charge on any atom is -0.466 e. The van der Waals surface area contributed by atoms with Crippen LogP contribution in [0.15, 0.2) is 12.1 Å². The summed E-state index contributed by atoms with van der Waals surface area (Å²) in [5.41, 5.74) is 2.16. The number of nitrogens with zero attached hydrogens (tertiary/aromatic N) is 2. The number of ether oxygens (including phenoxy) is 1. The van der Waals surface area contributed by atoms with Crippen molar-refractivity contribution >= 4 is 17.7 Å². The Bertz CT molecular complexity index is 721. The van der Waals surface area contributed by atoms with Gasteiger partial charge in [0, 0.05) is 24.8 Å². The second-order valence-corrected chi connectivity index (χ2v) is 8.40. The molecule has 3 heterocycles. The molecular formula is C22H33N3O3. The van der Waals surface area contributed by atoms with E-state index >= 15 is 0 Å². The molecule has 0 aliphatic carbocycles. The van der Waals surface area contributed by atoms with Crippen LogP contribution in [0.4, 0.5) is 5.82 Å². The first-order valence-electron chi connectivity index (χ1n) is 10.6. The molecule has 2 aliphatic rings. The quantitative estimate of drug-likeness (QED) is 0.400. The number of amides is 1. The van der Waals surface area contributed by atoms with Crippen LogP contribution in [0.5, 0.6) is 0 Å². The van der Waals surface area contributed by atoms with Crippen LogP contribution >= 0.6 is 0 Å². The van der Waals surface area contributed by atoms with Crippen LogP contribution in [0.25, 0.3) is 0 Å². The number of aromatic nitrogens is 1. The molecule has 1 amide bonds. The molecule has 0 radical (unpaired) electrons. The zero-order chi connectivity index (χ0) is 20.1. The molecule has 28 heavy (non-hydrogen) atoms. The SMILES string of the molecule is CCOC(=O)C[C@@H](C)N1CC(C)(CCCCc2ccc3c(n2)NCCC3)C1=O. The molecular weight excluding hydrogens is 354 g/mol. The largest absolute Gasteiger partial charge is 0.466 e. The molecule has 6 nitrogen and oxygen atoms in total. The molecule has 1 fully saturated rings. The molecule has 0 bridgehead atoms. The fourth-order valence-corrected chi connectivity index (χ4v) is 4.21. The highest BCUT2D eigenvalue weighted by molar-refractivity contribution is 5.89. The highest BCUT2D eigenvalue weighted by atomic mass is 16.5. The molecule has 0 saturated carbocycles. The first-order chi connectivity index (χ1) is 13.4. The number of hydrogen-bond acceptors (Lipinski definition) is 5. The van der Waals surface area contributed by atoms with Crippen molar-refractivity contribution in [1.29, 1.82) is 0 Å². The summed E-state index contributed by atoms with van der Waals surface area (Å²) < 4.78 is 4.99. The third-order valence-corrected chi connectivity index (χ3v) is 5.96. The summed E-state index contributed by atoms with van der Waals surface area (Å²) in [5.74, 6) is 0.986. The number of aryl methyl sites for hydroxylation is 2. The number of pyridine rings is 1. The number of rotatable bonds is 9. The van der Waals surface area contributed by atoms with Gasteiger partial charge in [-0.05, 0) is 64.5 Å². The van der Waals surface area contributed by atoms with E-state index in [1.807, 2.05) is 18.7 Å².